The SMILES string of the molecule is COc1ccc(-n2nnc(C(=O)N3CCC(C(N)=O)C3)c2C)cc1. The minimum absolute atomic E-state index is 0.226. The number of rotatable bonds is 4. The number of carbonyl (C=O) groups is 2. The zero-order chi connectivity index (χ0) is 17.3. The second-order valence-corrected chi connectivity index (χ2v) is 5.77. The second-order valence-electron chi connectivity index (χ2n) is 5.77. The Morgan fingerprint density at radius 1 is 1.29 bits per heavy atom. The lowest BCUT2D eigenvalue weighted by Crippen LogP contribution is -2.32. The third kappa shape index (κ3) is 2.82. The number of likely N-dealkylation sites (tertiary alicyclic amines) is 1. The van der Waals surface area contributed by atoms with Crippen molar-refractivity contribution >= 4 is 11.8 Å². The third-order valence-electron chi connectivity index (χ3n) is 4.29. The molecule has 1 aliphatic heterocycles. The summed E-state index contributed by atoms with van der Waals surface area (Å²) < 4.78 is 6.74. The van der Waals surface area contributed by atoms with Crippen molar-refractivity contribution in [3.05, 3.63) is 35.7 Å². The van der Waals surface area contributed by atoms with Crippen LogP contribution in [-0.2, 0) is 4.79 Å². The van der Waals surface area contributed by atoms with Crippen LogP contribution in [0, 0.1) is 12.8 Å². The summed E-state index contributed by atoms with van der Waals surface area (Å²) in [6.07, 6.45) is 0.590. The molecule has 1 fully saturated rings. The molecule has 2 heterocycles. The standard InChI is InChI=1S/C16H19N5O3/c1-10-14(16(23)20-8-7-11(9-20)15(17)22)18-19-21(10)12-3-5-13(24-2)6-4-12/h3-6,11H,7-9H2,1-2H3,(H2,17,22). The van der Waals surface area contributed by atoms with Gasteiger partial charge in [0.1, 0.15) is 5.75 Å². The zero-order valence-corrected chi connectivity index (χ0v) is 13.6. The van der Waals surface area contributed by atoms with Gasteiger partial charge in [0.25, 0.3) is 5.91 Å². The number of primary amides is 1. The Morgan fingerprint density at radius 3 is 2.58 bits per heavy atom. The zero-order valence-electron chi connectivity index (χ0n) is 13.6. The van der Waals surface area contributed by atoms with Gasteiger partial charge in [-0.05, 0) is 37.6 Å². The maximum atomic E-state index is 12.6. The Balaban J connectivity index is 1.81. The summed E-state index contributed by atoms with van der Waals surface area (Å²) in [5, 5.41) is 8.10. The van der Waals surface area contributed by atoms with E-state index in [2.05, 4.69) is 10.3 Å². The highest BCUT2D eigenvalue weighted by atomic mass is 16.5. The molecule has 1 aromatic heterocycles. The average Bonchev–Trinajstić information content (AvgIpc) is 3.21. The number of carbonyl (C=O) groups excluding carboxylic acids is 2. The Labute approximate surface area is 139 Å². The van der Waals surface area contributed by atoms with E-state index in [0.29, 0.717) is 25.2 Å². The summed E-state index contributed by atoms with van der Waals surface area (Å²) >= 11 is 0. The molecule has 0 bridgehead atoms. The van der Waals surface area contributed by atoms with E-state index in [1.807, 2.05) is 24.3 Å². The van der Waals surface area contributed by atoms with Crippen LogP contribution in [0.15, 0.2) is 24.3 Å². The molecule has 2 amide bonds. The number of aromatic nitrogens is 3. The van der Waals surface area contributed by atoms with Gasteiger partial charge in [0.15, 0.2) is 5.69 Å². The Hall–Kier alpha value is -2.90. The number of nitrogens with zero attached hydrogens (tertiary/aromatic N) is 4. The van der Waals surface area contributed by atoms with Crippen molar-refractivity contribution in [2.24, 2.45) is 11.7 Å². The maximum Gasteiger partial charge on any atom is 0.276 e. The van der Waals surface area contributed by atoms with Crippen LogP contribution in [0.25, 0.3) is 5.69 Å². The summed E-state index contributed by atoms with van der Waals surface area (Å²) in [5.74, 6) is -0.145. The fourth-order valence-corrected chi connectivity index (χ4v) is 2.82. The molecular formula is C16H19N5O3. The third-order valence-corrected chi connectivity index (χ3v) is 4.29. The smallest absolute Gasteiger partial charge is 0.276 e. The van der Waals surface area contributed by atoms with Gasteiger partial charge >= 0.3 is 0 Å². The van der Waals surface area contributed by atoms with E-state index < -0.39 is 0 Å². The van der Waals surface area contributed by atoms with Crippen molar-refractivity contribution in [1.29, 1.82) is 0 Å². The molecule has 126 valence electrons. The number of benzene rings is 1. The first-order valence-corrected chi connectivity index (χ1v) is 7.66. The molecule has 8 heteroatoms. The van der Waals surface area contributed by atoms with Crippen LogP contribution in [0.1, 0.15) is 22.6 Å². The number of hydrogen-bond donors (Lipinski definition) is 1. The van der Waals surface area contributed by atoms with E-state index in [0.717, 1.165) is 11.4 Å². The van der Waals surface area contributed by atoms with Crippen molar-refractivity contribution < 1.29 is 14.3 Å². The van der Waals surface area contributed by atoms with E-state index in [-0.39, 0.29) is 23.4 Å². The first kappa shape index (κ1) is 16.0. The highest BCUT2D eigenvalue weighted by molar-refractivity contribution is 5.94. The first-order chi connectivity index (χ1) is 11.5. The molecule has 0 saturated carbocycles. The highest BCUT2D eigenvalue weighted by Gasteiger charge is 2.32. The number of hydrogen-bond acceptors (Lipinski definition) is 5. The van der Waals surface area contributed by atoms with Crippen LogP contribution < -0.4 is 10.5 Å². The Kier molecular flexibility index (Phi) is 4.20. The van der Waals surface area contributed by atoms with Gasteiger partial charge in [-0.1, -0.05) is 5.21 Å². The number of nitrogens with two attached hydrogens (primary N) is 1. The average molecular weight is 329 g/mol. The summed E-state index contributed by atoms with van der Waals surface area (Å²) in [6, 6.07) is 7.31. The van der Waals surface area contributed by atoms with E-state index in [4.69, 9.17) is 10.5 Å². The van der Waals surface area contributed by atoms with Gasteiger partial charge in [-0.3, -0.25) is 9.59 Å². The van der Waals surface area contributed by atoms with E-state index >= 15 is 0 Å². The summed E-state index contributed by atoms with van der Waals surface area (Å²) in [4.78, 5) is 25.5. The first-order valence-electron chi connectivity index (χ1n) is 7.66. The van der Waals surface area contributed by atoms with Crippen molar-refractivity contribution in [2.45, 2.75) is 13.3 Å². The van der Waals surface area contributed by atoms with Crippen LogP contribution in [0.2, 0.25) is 0 Å². The van der Waals surface area contributed by atoms with Crippen LogP contribution >= 0.6 is 0 Å². The van der Waals surface area contributed by atoms with Crippen LogP contribution in [0.3, 0.4) is 0 Å². The molecule has 0 radical (unpaired) electrons. The van der Waals surface area contributed by atoms with E-state index in [1.165, 1.54) is 0 Å². The number of ether oxygens (including phenoxy) is 1. The van der Waals surface area contributed by atoms with Gasteiger partial charge in [0, 0.05) is 13.1 Å². The molecule has 3 rings (SSSR count). The molecule has 1 atom stereocenters. The second kappa shape index (κ2) is 6.31. The predicted molar refractivity (Wildman–Crippen MR) is 85.9 cm³/mol. The molecular weight excluding hydrogens is 310 g/mol. The monoisotopic (exact) mass is 329 g/mol. The van der Waals surface area contributed by atoms with Crippen molar-refractivity contribution in [3.63, 3.8) is 0 Å². The van der Waals surface area contributed by atoms with Crippen molar-refractivity contribution in [2.75, 3.05) is 20.2 Å². The lowest BCUT2D eigenvalue weighted by Gasteiger charge is -2.14. The Bertz CT molecular complexity index is 769. The normalized spacial score (nSPS) is 17.1. The molecule has 1 aliphatic rings. The quantitative estimate of drug-likeness (QED) is 0.881. The van der Waals surface area contributed by atoms with E-state index in [9.17, 15) is 9.59 Å². The van der Waals surface area contributed by atoms with Gasteiger partial charge in [-0.25, -0.2) is 4.68 Å². The molecule has 24 heavy (non-hydrogen) atoms. The van der Waals surface area contributed by atoms with Gasteiger partial charge in [-0.2, -0.15) is 0 Å². The highest BCUT2D eigenvalue weighted by Crippen LogP contribution is 2.21. The molecule has 8 nitrogen and oxygen atoms in total. The lowest BCUT2D eigenvalue weighted by molar-refractivity contribution is -0.121. The van der Waals surface area contributed by atoms with Gasteiger partial charge in [0.05, 0.1) is 24.4 Å². The number of methoxy groups -OCH3 is 1. The summed E-state index contributed by atoms with van der Waals surface area (Å²) in [6.45, 7) is 2.63. The minimum atomic E-state index is -0.371. The number of amides is 2. The maximum absolute atomic E-state index is 12.6. The fourth-order valence-electron chi connectivity index (χ4n) is 2.82. The molecule has 1 aromatic carbocycles. The van der Waals surface area contributed by atoms with Gasteiger partial charge in [-0.15, -0.1) is 5.10 Å². The van der Waals surface area contributed by atoms with E-state index in [1.54, 1.807) is 23.6 Å². The van der Waals surface area contributed by atoms with Crippen LogP contribution in [-0.4, -0.2) is 51.9 Å². The van der Waals surface area contributed by atoms with Gasteiger partial charge < -0.3 is 15.4 Å². The summed E-state index contributed by atoms with van der Waals surface area (Å²) in [7, 11) is 1.60. The molecule has 2 aromatic rings. The molecule has 1 saturated heterocycles. The van der Waals surface area contributed by atoms with Crippen LogP contribution in [0.5, 0.6) is 5.75 Å². The topological polar surface area (TPSA) is 103 Å². The Morgan fingerprint density at radius 2 is 2.00 bits per heavy atom. The summed E-state index contributed by atoms with van der Waals surface area (Å²) in [5.41, 5.74) is 7.04. The molecule has 2 N–H and O–H groups in total. The molecule has 1 unspecified atom stereocenters. The van der Waals surface area contributed by atoms with Crippen molar-refractivity contribution in [1.82, 2.24) is 19.9 Å². The van der Waals surface area contributed by atoms with Crippen molar-refractivity contribution in [3.8, 4) is 11.4 Å². The lowest BCUT2D eigenvalue weighted by atomic mass is 10.1. The predicted octanol–water partition coefficient (Wildman–Crippen LogP) is 0.532. The van der Waals surface area contributed by atoms with Gasteiger partial charge in [0.2, 0.25) is 5.91 Å². The largest absolute Gasteiger partial charge is 0.497 e. The fraction of sp³-hybridized carbons (Fsp3) is 0.375. The van der Waals surface area contributed by atoms with Crippen LogP contribution in [0.4, 0.5) is 0 Å². The minimum Gasteiger partial charge on any atom is -0.497 e. The molecule has 0 spiro atoms. The molecule has 0 aliphatic carbocycles.